The van der Waals surface area contributed by atoms with E-state index in [1.807, 2.05) is 50.2 Å². The summed E-state index contributed by atoms with van der Waals surface area (Å²) in [6.07, 6.45) is 0. The molecule has 2 aromatic carbocycles. The Hall–Kier alpha value is -3.01. The Kier molecular flexibility index (Phi) is 4.38. The fourth-order valence-electron chi connectivity index (χ4n) is 2.47. The average Bonchev–Trinajstić information content (AvgIpc) is 2.59. The summed E-state index contributed by atoms with van der Waals surface area (Å²) < 4.78 is 11.0. The molecule has 1 heterocycles. The smallest absolute Gasteiger partial charge is 0.383 e. The zero-order valence-corrected chi connectivity index (χ0v) is 13.5. The molecule has 0 spiro atoms. The van der Waals surface area contributed by atoms with E-state index < -0.39 is 5.63 Å². The lowest BCUT2D eigenvalue weighted by Crippen LogP contribution is -2.05. The van der Waals surface area contributed by atoms with E-state index in [0.29, 0.717) is 17.1 Å². The maximum atomic E-state index is 12.3. The van der Waals surface area contributed by atoms with Crippen LogP contribution in [0.15, 0.2) is 69.9 Å². The topological polar surface area (TPSA) is 59.7 Å². The highest BCUT2D eigenvalue weighted by molar-refractivity contribution is 5.60. The number of hydrogen-bond donors (Lipinski definition) is 1. The fraction of sp³-hybridized carbons (Fsp3) is 0.150. The summed E-state index contributed by atoms with van der Waals surface area (Å²) in [4.78, 5) is 12.3. The van der Waals surface area contributed by atoms with Gasteiger partial charge in [-0.15, -0.1) is 0 Å². The lowest BCUT2D eigenvalue weighted by molar-refractivity contribution is 0.373. The van der Waals surface area contributed by atoms with Crippen LogP contribution in [-0.4, -0.2) is 5.11 Å². The van der Waals surface area contributed by atoms with Crippen LogP contribution in [0.25, 0.3) is 11.3 Å². The third-order valence-corrected chi connectivity index (χ3v) is 3.70. The van der Waals surface area contributed by atoms with Gasteiger partial charge in [0.25, 0.3) is 5.75 Å². The summed E-state index contributed by atoms with van der Waals surface area (Å²) in [5.41, 5.74) is 0.940. The molecular weight excluding hydrogens is 304 g/mol. The van der Waals surface area contributed by atoms with Crippen LogP contribution >= 0.6 is 0 Å². The van der Waals surface area contributed by atoms with Crippen LogP contribution in [0.4, 0.5) is 0 Å². The van der Waals surface area contributed by atoms with E-state index in [9.17, 15) is 9.90 Å². The molecule has 0 radical (unpaired) electrons. The van der Waals surface area contributed by atoms with Crippen LogP contribution in [0.3, 0.4) is 0 Å². The number of rotatable bonds is 4. The van der Waals surface area contributed by atoms with Gasteiger partial charge >= 0.3 is 5.63 Å². The summed E-state index contributed by atoms with van der Waals surface area (Å²) in [6, 6.07) is 17.9. The zero-order valence-electron chi connectivity index (χ0n) is 13.5. The predicted molar refractivity (Wildman–Crippen MR) is 92.7 cm³/mol. The molecule has 4 nitrogen and oxygen atoms in total. The van der Waals surface area contributed by atoms with Crippen molar-refractivity contribution in [3.8, 4) is 28.6 Å². The van der Waals surface area contributed by atoms with Crippen LogP contribution in [0.1, 0.15) is 25.3 Å². The van der Waals surface area contributed by atoms with Gasteiger partial charge in [-0.3, -0.25) is 0 Å². The van der Waals surface area contributed by atoms with Gasteiger partial charge in [0, 0.05) is 11.6 Å². The van der Waals surface area contributed by atoms with Crippen molar-refractivity contribution in [1.29, 1.82) is 0 Å². The molecule has 1 N–H and O–H groups in total. The molecule has 0 saturated carbocycles. The fourth-order valence-corrected chi connectivity index (χ4v) is 2.47. The van der Waals surface area contributed by atoms with E-state index in [-0.39, 0.29) is 17.4 Å². The highest BCUT2D eigenvalue weighted by Crippen LogP contribution is 2.34. The molecule has 4 heteroatoms. The second-order valence-corrected chi connectivity index (χ2v) is 5.77. The molecule has 0 fully saturated rings. The van der Waals surface area contributed by atoms with Crippen LogP contribution < -0.4 is 10.4 Å². The highest BCUT2D eigenvalue weighted by Gasteiger charge is 2.17. The first kappa shape index (κ1) is 15.9. The van der Waals surface area contributed by atoms with E-state index in [1.54, 1.807) is 18.2 Å². The summed E-state index contributed by atoms with van der Waals surface area (Å²) >= 11 is 0. The first-order chi connectivity index (χ1) is 11.6. The monoisotopic (exact) mass is 322 g/mol. The number of hydrogen-bond acceptors (Lipinski definition) is 4. The van der Waals surface area contributed by atoms with Crippen molar-refractivity contribution in [2.75, 3.05) is 0 Å². The lowest BCUT2D eigenvalue weighted by Gasteiger charge is -2.13. The molecule has 0 saturated heterocycles. The summed E-state index contributed by atoms with van der Waals surface area (Å²) in [5.74, 6) is 0.593. The minimum atomic E-state index is -0.715. The molecule has 0 aliphatic carbocycles. The highest BCUT2D eigenvalue weighted by atomic mass is 16.5. The molecule has 122 valence electrons. The van der Waals surface area contributed by atoms with Gasteiger partial charge < -0.3 is 14.3 Å². The van der Waals surface area contributed by atoms with Crippen molar-refractivity contribution in [2.45, 2.75) is 19.8 Å². The van der Waals surface area contributed by atoms with Gasteiger partial charge in [-0.1, -0.05) is 62.4 Å². The average molecular weight is 322 g/mol. The summed E-state index contributed by atoms with van der Waals surface area (Å²) in [7, 11) is 0. The Morgan fingerprint density at radius 3 is 2.33 bits per heavy atom. The van der Waals surface area contributed by atoms with Gasteiger partial charge in [0.15, 0.2) is 5.75 Å². The first-order valence-electron chi connectivity index (χ1n) is 7.75. The third kappa shape index (κ3) is 3.18. The molecule has 0 aliphatic rings. The van der Waals surface area contributed by atoms with Gasteiger partial charge in [-0.05, 0) is 17.5 Å². The van der Waals surface area contributed by atoms with Crippen molar-refractivity contribution < 1.29 is 14.3 Å². The first-order valence-corrected chi connectivity index (χ1v) is 7.75. The van der Waals surface area contributed by atoms with Crippen molar-refractivity contribution >= 4 is 0 Å². The van der Waals surface area contributed by atoms with Gasteiger partial charge in [-0.25, -0.2) is 4.79 Å². The minimum Gasteiger partial charge on any atom is -0.504 e. The molecule has 0 bridgehead atoms. The SMILES string of the molecule is CC(C)c1ccccc1Oc1c(O)cc(-c2ccccc2)oc1=O. The van der Waals surface area contributed by atoms with Crippen LogP contribution in [-0.2, 0) is 0 Å². The van der Waals surface area contributed by atoms with Crippen LogP contribution in [0.2, 0.25) is 0 Å². The molecule has 0 unspecified atom stereocenters. The third-order valence-electron chi connectivity index (χ3n) is 3.70. The molecule has 0 aliphatic heterocycles. The molecule has 0 atom stereocenters. The lowest BCUT2D eigenvalue weighted by atomic mass is 10.0. The maximum Gasteiger partial charge on any atom is 0.383 e. The van der Waals surface area contributed by atoms with Gasteiger partial charge in [0.1, 0.15) is 11.5 Å². The Balaban J connectivity index is 2.01. The number of ether oxygens (including phenoxy) is 1. The number of aromatic hydroxyl groups is 1. The van der Waals surface area contributed by atoms with E-state index >= 15 is 0 Å². The van der Waals surface area contributed by atoms with E-state index in [0.717, 1.165) is 5.56 Å². The molecule has 0 amide bonds. The molecule has 3 aromatic rings. The van der Waals surface area contributed by atoms with Gasteiger partial charge in [0.05, 0.1) is 0 Å². The number of benzene rings is 2. The Morgan fingerprint density at radius 2 is 1.67 bits per heavy atom. The Morgan fingerprint density at radius 1 is 1.00 bits per heavy atom. The minimum absolute atomic E-state index is 0.206. The quantitative estimate of drug-likeness (QED) is 0.740. The summed E-state index contributed by atoms with van der Waals surface area (Å²) in [6.45, 7) is 4.06. The van der Waals surface area contributed by atoms with Crippen molar-refractivity contribution in [3.05, 3.63) is 76.6 Å². The molecule has 24 heavy (non-hydrogen) atoms. The second-order valence-electron chi connectivity index (χ2n) is 5.77. The van der Waals surface area contributed by atoms with E-state index in [4.69, 9.17) is 9.15 Å². The largest absolute Gasteiger partial charge is 0.504 e. The zero-order chi connectivity index (χ0) is 17.1. The normalized spacial score (nSPS) is 10.8. The number of para-hydroxylation sites is 1. The van der Waals surface area contributed by atoms with Crippen molar-refractivity contribution in [1.82, 2.24) is 0 Å². The maximum absolute atomic E-state index is 12.3. The second kappa shape index (κ2) is 6.62. The van der Waals surface area contributed by atoms with Gasteiger partial charge in [-0.2, -0.15) is 0 Å². The Labute approximate surface area is 140 Å². The standard InChI is InChI=1S/C20H18O4/c1-13(2)15-10-6-7-11-17(15)23-19-16(21)12-18(24-20(19)22)14-8-4-3-5-9-14/h3-13,21H,1-2H3. The van der Waals surface area contributed by atoms with Crippen molar-refractivity contribution in [3.63, 3.8) is 0 Å². The predicted octanol–water partition coefficient (Wildman–Crippen LogP) is 4.93. The van der Waals surface area contributed by atoms with Crippen molar-refractivity contribution in [2.24, 2.45) is 0 Å². The van der Waals surface area contributed by atoms with E-state index in [1.165, 1.54) is 6.07 Å². The Bertz CT molecular complexity index is 895. The van der Waals surface area contributed by atoms with Crippen LogP contribution in [0, 0.1) is 0 Å². The van der Waals surface area contributed by atoms with E-state index in [2.05, 4.69) is 0 Å². The molecule has 3 rings (SSSR count). The van der Waals surface area contributed by atoms with Gasteiger partial charge in [0.2, 0.25) is 0 Å². The van der Waals surface area contributed by atoms with Crippen LogP contribution in [0.5, 0.6) is 17.2 Å². The molecule has 1 aromatic heterocycles. The summed E-state index contributed by atoms with van der Waals surface area (Å²) in [5, 5.41) is 10.2. The molecular formula is C20H18O4.